The van der Waals surface area contributed by atoms with Crippen molar-refractivity contribution in [3.63, 3.8) is 0 Å². The molecule has 7 N–H and O–H groups in total. The number of thiazole rings is 1. The minimum Gasteiger partial charge on any atom is -0.504 e. The van der Waals surface area contributed by atoms with Crippen LogP contribution in [0.3, 0.4) is 0 Å². The molecule has 0 bridgehead atoms. The number of nitrogen functional groups attached to an aromatic ring is 1. The van der Waals surface area contributed by atoms with Crippen LogP contribution < -0.4 is 16.5 Å². The van der Waals surface area contributed by atoms with Crippen LogP contribution in [-0.4, -0.2) is 91.3 Å². The van der Waals surface area contributed by atoms with E-state index < -0.39 is 40.4 Å². The predicted molar refractivity (Wildman–Crippen MR) is 187 cm³/mol. The Balaban J connectivity index is 1.08. The van der Waals surface area contributed by atoms with Gasteiger partial charge in [0, 0.05) is 34.6 Å². The Hall–Kier alpha value is -6.06. The number of aromatic hydroxyl groups is 3. The molecule has 18 nitrogen and oxygen atoms in total. The fraction of sp³-hybridized carbons (Fsp3) is 0.161. The highest BCUT2D eigenvalue weighted by molar-refractivity contribution is 8.01. The monoisotopic (exact) mass is 764 g/mol. The van der Waals surface area contributed by atoms with E-state index in [1.54, 1.807) is 28.9 Å². The number of carbonyl (C=O) groups excluding carboxylic acids is 2. The second kappa shape index (κ2) is 13.9. The van der Waals surface area contributed by atoms with Crippen molar-refractivity contribution in [3.05, 3.63) is 87.2 Å². The average molecular weight is 765 g/mol. The van der Waals surface area contributed by atoms with Crippen molar-refractivity contribution in [2.24, 2.45) is 5.16 Å². The minimum absolute atomic E-state index is 0.00511. The van der Waals surface area contributed by atoms with E-state index >= 15 is 0 Å². The average Bonchev–Trinajstić information content (AvgIpc) is 3.79. The molecule has 52 heavy (non-hydrogen) atoms. The summed E-state index contributed by atoms with van der Waals surface area (Å²) in [5.74, 6) is -3.60. The highest BCUT2D eigenvalue weighted by Crippen LogP contribution is 2.42. The molecular weight excluding hydrogens is 741 g/mol. The first-order valence-electron chi connectivity index (χ1n) is 14.9. The van der Waals surface area contributed by atoms with Crippen molar-refractivity contribution in [1.29, 1.82) is 0 Å². The third-order valence-electron chi connectivity index (χ3n) is 7.74. The van der Waals surface area contributed by atoms with Crippen LogP contribution in [0.1, 0.15) is 11.5 Å². The molecule has 2 atom stereocenters. The molecule has 21 heteroatoms. The number of carboxylic acid groups (broad SMARTS) is 1. The first kappa shape index (κ1) is 34.4. The molecule has 4 aromatic heterocycles. The zero-order chi connectivity index (χ0) is 36.7. The number of phenolic OH excluding ortho intramolecular Hbond substituents is 2. The Labute approximate surface area is 303 Å². The molecule has 1 aromatic carbocycles. The number of nitrogens with zero attached hydrogens (tertiary/aromatic N) is 6. The van der Waals surface area contributed by atoms with E-state index in [9.17, 15) is 39.6 Å². The lowest BCUT2D eigenvalue weighted by Gasteiger charge is -2.49. The number of phenols is 2. The van der Waals surface area contributed by atoms with Crippen molar-refractivity contribution in [3.8, 4) is 28.5 Å². The molecule has 7 rings (SSSR count). The van der Waals surface area contributed by atoms with Crippen LogP contribution >= 0.6 is 34.9 Å². The number of benzene rings is 1. The zero-order valence-electron chi connectivity index (χ0n) is 26.2. The van der Waals surface area contributed by atoms with Gasteiger partial charge in [-0.1, -0.05) is 5.16 Å². The molecule has 2 amide bonds. The quantitative estimate of drug-likeness (QED) is 0.0280. The number of thioether (sulfide) groups is 2. The van der Waals surface area contributed by atoms with E-state index in [0.717, 1.165) is 28.6 Å². The highest BCUT2D eigenvalue weighted by atomic mass is 32.2. The Kier molecular flexibility index (Phi) is 9.21. The Morgan fingerprint density at radius 1 is 1.12 bits per heavy atom. The smallest absolute Gasteiger partial charge is 0.352 e. The van der Waals surface area contributed by atoms with Gasteiger partial charge in [-0.25, -0.2) is 19.3 Å². The van der Waals surface area contributed by atoms with Gasteiger partial charge in [0.25, 0.3) is 11.8 Å². The SMILES string of the molecule is Nc1nc(/C(=N\OCc2cc(=O)c(O)co2)C(=O)N[C@@H]2C(=O)N3C(C(=O)O)=C(CSc4cc(-c5ccc(O)c(O)c5)nc5ccnn45)CS[C@H]23)cs1. The Morgan fingerprint density at radius 2 is 1.94 bits per heavy atom. The van der Waals surface area contributed by atoms with Gasteiger partial charge < -0.3 is 40.7 Å². The van der Waals surface area contributed by atoms with E-state index in [2.05, 4.69) is 25.5 Å². The first-order chi connectivity index (χ1) is 25.0. The van der Waals surface area contributed by atoms with E-state index in [-0.39, 0.29) is 57.6 Å². The summed E-state index contributed by atoms with van der Waals surface area (Å²) in [7, 11) is 0. The van der Waals surface area contributed by atoms with Crippen LogP contribution in [-0.2, 0) is 25.8 Å². The molecule has 1 fully saturated rings. The maximum absolute atomic E-state index is 13.5. The molecule has 0 spiro atoms. The molecule has 2 aliphatic rings. The molecule has 266 valence electrons. The molecule has 0 saturated carbocycles. The summed E-state index contributed by atoms with van der Waals surface area (Å²) in [6, 6.07) is 7.60. The van der Waals surface area contributed by atoms with Crippen LogP contribution in [0.5, 0.6) is 17.2 Å². The van der Waals surface area contributed by atoms with Gasteiger partial charge in [0.05, 0.1) is 11.9 Å². The zero-order valence-corrected chi connectivity index (χ0v) is 28.6. The summed E-state index contributed by atoms with van der Waals surface area (Å²) < 4.78 is 6.65. The topological polar surface area (TPSA) is 268 Å². The largest absolute Gasteiger partial charge is 0.504 e. The van der Waals surface area contributed by atoms with Crippen LogP contribution in [0.4, 0.5) is 5.13 Å². The van der Waals surface area contributed by atoms with Crippen molar-refractivity contribution in [1.82, 2.24) is 29.8 Å². The first-order valence-corrected chi connectivity index (χ1v) is 17.8. The van der Waals surface area contributed by atoms with Gasteiger partial charge in [-0.3, -0.25) is 19.3 Å². The van der Waals surface area contributed by atoms with Gasteiger partial charge in [0.2, 0.25) is 5.43 Å². The van der Waals surface area contributed by atoms with Crippen molar-refractivity contribution < 1.29 is 44.1 Å². The standard InChI is InChI=1S/C31H24N8O10S3/c32-31-35-17(12-52-31)24(37-49-8-15-6-20(42)21(43)9-48-15)27(44)36-25-28(45)38-26(30(46)47)14(11-51-29(25)38)10-50-23-7-16(34-22-3-4-33-39(22)23)13-1-2-18(40)19(41)5-13/h1-7,9,12,25,29,40-41,43H,8,10-11H2,(H2,32,35)(H,36,44)(H,46,47)/b37-24+/t25-,29-/m1/s1. The number of aliphatic carboxylic acids is 1. The summed E-state index contributed by atoms with van der Waals surface area (Å²) in [6.07, 6.45) is 2.39. The fourth-order valence-electron chi connectivity index (χ4n) is 5.26. The number of hydrogen-bond donors (Lipinski definition) is 6. The number of β-lactam (4-membered cyclic amide) rings is 1. The van der Waals surface area contributed by atoms with E-state index in [1.165, 1.54) is 41.0 Å². The fourth-order valence-corrected chi connectivity index (χ4v) is 8.31. The Morgan fingerprint density at radius 3 is 2.67 bits per heavy atom. The number of carboxylic acids is 1. The summed E-state index contributed by atoms with van der Waals surface area (Å²) in [6.45, 7) is -0.388. The molecule has 6 heterocycles. The predicted octanol–water partition coefficient (Wildman–Crippen LogP) is 1.96. The van der Waals surface area contributed by atoms with Crippen molar-refractivity contribution >= 4 is 69.1 Å². The molecule has 5 aromatic rings. The third-order valence-corrected chi connectivity index (χ3v) is 10.8. The lowest BCUT2D eigenvalue weighted by Crippen LogP contribution is -2.71. The van der Waals surface area contributed by atoms with Gasteiger partial charge >= 0.3 is 5.97 Å². The lowest BCUT2D eigenvalue weighted by atomic mass is 10.0. The van der Waals surface area contributed by atoms with Crippen LogP contribution in [0.25, 0.3) is 16.9 Å². The van der Waals surface area contributed by atoms with Crippen LogP contribution in [0.15, 0.2) is 84.9 Å². The molecule has 0 radical (unpaired) electrons. The molecule has 0 aliphatic carbocycles. The van der Waals surface area contributed by atoms with Gasteiger partial charge in [-0.15, -0.1) is 34.9 Å². The van der Waals surface area contributed by atoms with Gasteiger partial charge in [0.1, 0.15) is 39.9 Å². The number of fused-ring (bicyclic) bond motifs is 2. The van der Waals surface area contributed by atoms with Crippen molar-refractivity contribution in [2.75, 3.05) is 17.2 Å². The number of amides is 2. The molecule has 1 saturated heterocycles. The van der Waals surface area contributed by atoms with E-state index in [4.69, 9.17) is 15.0 Å². The normalized spacial score (nSPS) is 17.2. The van der Waals surface area contributed by atoms with Gasteiger partial charge in [-0.2, -0.15) is 5.10 Å². The van der Waals surface area contributed by atoms with E-state index in [1.807, 2.05) is 0 Å². The highest BCUT2D eigenvalue weighted by Gasteiger charge is 2.54. The van der Waals surface area contributed by atoms with Crippen molar-refractivity contribution in [2.45, 2.75) is 23.0 Å². The number of nitrogens with one attached hydrogen (secondary N) is 1. The third kappa shape index (κ3) is 6.58. The molecular formula is C31H24N8O10S3. The van der Waals surface area contributed by atoms with Gasteiger partial charge in [-0.05, 0) is 29.8 Å². The minimum atomic E-state index is -1.31. The second-order valence-corrected chi connectivity index (χ2v) is 14.1. The van der Waals surface area contributed by atoms with E-state index in [0.29, 0.717) is 27.5 Å². The van der Waals surface area contributed by atoms with Crippen LogP contribution in [0.2, 0.25) is 0 Å². The number of rotatable bonds is 11. The summed E-state index contributed by atoms with van der Waals surface area (Å²) in [4.78, 5) is 66.2. The number of anilines is 1. The lowest BCUT2D eigenvalue weighted by molar-refractivity contribution is -0.150. The summed E-state index contributed by atoms with van der Waals surface area (Å²) in [5, 5.41) is 51.6. The molecule has 2 aliphatic heterocycles. The summed E-state index contributed by atoms with van der Waals surface area (Å²) in [5.41, 5.74) is 6.54. The second-order valence-electron chi connectivity index (χ2n) is 11.1. The maximum Gasteiger partial charge on any atom is 0.352 e. The summed E-state index contributed by atoms with van der Waals surface area (Å²) >= 11 is 3.58. The molecule has 0 unspecified atom stereocenters. The maximum atomic E-state index is 13.5. The van der Waals surface area contributed by atoms with Gasteiger partial charge in [0.15, 0.2) is 40.3 Å². The van der Waals surface area contributed by atoms with Crippen LogP contribution in [0, 0.1) is 0 Å². The number of nitrogens with two attached hydrogens (primary N) is 1. The number of carbonyl (C=O) groups is 3. The number of aromatic nitrogens is 4. The Bertz CT molecular complexity index is 2390. The number of oxime groups is 1. The number of hydrogen-bond acceptors (Lipinski definition) is 17.